The normalized spacial score (nSPS) is 14.1. The monoisotopic (exact) mass is 320 g/mol. The lowest BCUT2D eigenvalue weighted by molar-refractivity contribution is -0.384. The zero-order valence-corrected chi connectivity index (χ0v) is 11.6. The SMILES string of the molecule is CCC(C)(O)CNc1cc(Br)c(F)cc1[N+](=O)[O-]. The summed E-state index contributed by atoms with van der Waals surface area (Å²) in [5.41, 5.74) is -1.17. The van der Waals surface area contributed by atoms with Crippen LogP contribution in [0.25, 0.3) is 0 Å². The second-order valence-electron chi connectivity index (χ2n) is 4.24. The summed E-state index contributed by atoms with van der Waals surface area (Å²) in [7, 11) is 0. The molecule has 0 bridgehead atoms. The molecule has 1 aromatic carbocycles. The predicted molar refractivity (Wildman–Crippen MR) is 70.2 cm³/mol. The van der Waals surface area contributed by atoms with Crippen molar-refractivity contribution in [2.75, 3.05) is 11.9 Å². The lowest BCUT2D eigenvalue weighted by Crippen LogP contribution is -2.32. The van der Waals surface area contributed by atoms with Gasteiger partial charge in [0.05, 0.1) is 21.1 Å². The minimum Gasteiger partial charge on any atom is -0.388 e. The molecule has 0 aliphatic heterocycles. The summed E-state index contributed by atoms with van der Waals surface area (Å²) in [5, 5.41) is 23.4. The summed E-state index contributed by atoms with van der Waals surface area (Å²) in [6, 6.07) is 2.13. The van der Waals surface area contributed by atoms with E-state index in [0.29, 0.717) is 6.42 Å². The summed E-state index contributed by atoms with van der Waals surface area (Å²) >= 11 is 2.97. The van der Waals surface area contributed by atoms with Crippen LogP contribution in [-0.2, 0) is 0 Å². The summed E-state index contributed by atoms with van der Waals surface area (Å²) in [6.45, 7) is 3.56. The Morgan fingerprint density at radius 2 is 2.22 bits per heavy atom. The molecular formula is C11H14BrFN2O3. The molecular weight excluding hydrogens is 307 g/mol. The van der Waals surface area contributed by atoms with Crippen LogP contribution in [0.2, 0.25) is 0 Å². The quantitative estimate of drug-likeness (QED) is 0.645. The van der Waals surface area contributed by atoms with E-state index in [9.17, 15) is 19.6 Å². The van der Waals surface area contributed by atoms with Gasteiger partial charge in [0, 0.05) is 6.54 Å². The van der Waals surface area contributed by atoms with Gasteiger partial charge in [0.1, 0.15) is 11.5 Å². The Bertz CT molecular complexity index is 466. The van der Waals surface area contributed by atoms with Gasteiger partial charge in [-0.15, -0.1) is 0 Å². The van der Waals surface area contributed by atoms with Crippen LogP contribution < -0.4 is 5.32 Å². The van der Waals surface area contributed by atoms with Crippen molar-refractivity contribution in [2.45, 2.75) is 25.9 Å². The van der Waals surface area contributed by atoms with Crippen LogP contribution in [-0.4, -0.2) is 22.2 Å². The minimum absolute atomic E-state index is 0.131. The Morgan fingerprint density at radius 1 is 1.61 bits per heavy atom. The summed E-state index contributed by atoms with van der Waals surface area (Å²) in [6.07, 6.45) is 0.496. The molecule has 0 fully saturated rings. The number of nitro groups is 1. The zero-order chi connectivity index (χ0) is 13.9. The van der Waals surface area contributed by atoms with Gasteiger partial charge >= 0.3 is 0 Å². The van der Waals surface area contributed by atoms with Gasteiger partial charge < -0.3 is 10.4 Å². The Labute approximate surface area is 112 Å². The summed E-state index contributed by atoms with van der Waals surface area (Å²) in [4.78, 5) is 10.1. The highest BCUT2D eigenvalue weighted by atomic mass is 79.9. The Kier molecular flexibility index (Phi) is 4.64. The first-order valence-corrected chi connectivity index (χ1v) is 6.16. The smallest absolute Gasteiger partial charge is 0.295 e. The number of anilines is 1. The van der Waals surface area contributed by atoms with Crippen molar-refractivity contribution in [3.8, 4) is 0 Å². The van der Waals surface area contributed by atoms with Crippen LogP contribution >= 0.6 is 15.9 Å². The number of rotatable bonds is 5. The lowest BCUT2D eigenvalue weighted by atomic mass is 10.0. The second kappa shape index (κ2) is 5.62. The average molecular weight is 321 g/mol. The molecule has 100 valence electrons. The minimum atomic E-state index is -0.977. The number of nitrogens with zero attached hydrogens (tertiary/aromatic N) is 1. The molecule has 1 atom stereocenters. The third kappa shape index (κ3) is 3.64. The summed E-state index contributed by atoms with van der Waals surface area (Å²) < 4.78 is 13.4. The van der Waals surface area contributed by atoms with Crippen molar-refractivity contribution < 1.29 is 14.4 Å². The molecule has 0 spiro atoms. The van der Waals surface area contributed by atoms with Crippen LogP contribution in [0.15, 0.2) is 16.6 Å². The van der Waals surface area contributed by atoms with Gasteiger partial charge in [0.15, 0.2) is 0 Å². The predicted octanol–water partition coefficient (Wildman–Crippen LogP) is 3.07. The van der Waals surface area contributed by atoms with Gasteiger partial charge in [-0.1, -0.05) is 6.92 Å². The third-order valence-corrected chi connectivity index (χ3v) is 3.26. The number of halogens is 2. The molecule has 1 rings (SSSR count). The number of nitro benzene ring substituents is 1. The van der Waals surface area contributed by atoms with E-state index in [0.717, 1.165) is 6.07 Å². The fraction of sp³-hybridized carbons (Fsp3) is 0.455. The number of nitrogens with one attached hydrogen (secondary N) is 1. The van der Waals surface area contributed by atoms with E-state index >= 15 is 0 Å². The van der Waals surface area contributed by atoms with Crippen molar-refractivity contribution in [3.63, 3.8) is 0 Å². The van der Waals surface area contributed by atoms with Crippen LogP contribution in [0.3, 0.4) is 0 Å². The van der Waals surface area contributed by atoms with Crippen LogP contribution in [0.5, 0.6) is 0 Å². The molecule has 0 aliphatic carbocycles. The van der Waals surface area contributed by atoms with Gasteiger partial charge in [-0.25, -0.2) is 4.39 Å². The Balaban J connectivity index is 3.01. The molecule has 0 radical (unpaired) electrons. The van der Waals surface area contributed by atoms with E-state index in [4.69, 9.17) is 0 Å². The largest absolute Gasteiger partial charge is 0.388 e. The molecule has 2 N–H and O–H groups in total. The van der Waals surface area contributed by atoms with Crippen LogP contribution in [0.4, 0.5) is 15.8 Å². The number of hydrogen-bond donors (Lipinski definition) is 2. The molecule has 5 nitrogen and oxygen atoms in total. The number of hydrogen-bond acceptors (Lipinski definition) is 4. The molecule has 0 saturated heterocycles. The highest BCUT2D eigenvalue weighted by Crippen LogP contribution is 2.30. The van der Waals surface area contributed by atoms with Crippen molar-refractivity contribution >= 4 is 27.3 Å². The fourth-order valence-electron chi connectivity index (χ4n) is 1.24. The first kappa shape index (κ1) is 14.8. The van der Waals surface area contributed by atoms with Gasteiger partial charge in [-0.05, 0) is 35.3 Å². The fourth-order valence-corrected chi connectivity index (χ4v) is 1.58. The van der Waals surface area contributed by atoms with E-state index in [1.54, 1.807) is 13.8 Å². The molecule has 18 heavy (non-hydrogen) atoms. The molecule has 0 aromatic heterocycles. The molecule has 7 heteroatoms. The third-order valence-electron chi connectivity index (χ3n) is 2.66. The second-order valence-corrected chi connectivity index (χ2v) is 5.10. The summed E-state index contributed by atoms with van der Waals surface area (Å²) in [5.74, 6) is -0.700. The first-order valence-electron chi connectivity index (χ1n) is 5.36. The molecule has 0 saturated carbocycles. The Hall–Kier alpha value is -1.21. The first-order chi connectivity index (χ1) is 8.26. The van der Waals surface area contributed by atoms with Gasteiger partial charge in [-0.3, -0.25) is 10.1 Å². The molecule has 0 aliphatic rings. The zero-order valence-electron chi connectivity index (χ0n) is 10.0. The highest BCUT2D eigenvalue weighted by Gasteiger charge is 2.21. The maximum absolute atomic E-state index is 13.2. The van der Waals surface area contributed by atoms with Gasteiger partial charge in [0.2, 0.25) is 0 Å². The van der Waals surface area contributed by atoms with E-state index in [2.05, 4.69) is 21.2 Å². The standard InChI is InChI=1S/C11H14BrFN2O3/c1-3-11(2,16)6-14-9-4-7(12)8(13)5-10(9)15(17)18/h4-5,14,16H,3,6H2,1-2H3. The number of aliphatic hydroxyl groups is 1. The van der Waals surface area contributed by atoms with Crippen molar-refractivity contribution in [3.05, 3.63) is 32.5 Å². The topological polar surface area (TPSA) is 75.4 Å². The van der Waals surface area contributed by atoms with E-state index in [1.807, 2.05) is 0 Å². The lowest BCUT2D eigenvalue weighted by Gasteiger charge is -2.22. The van der Waals surface area contributed by atoms with Gasteiger partial charge in [-0.2, -0.15) is 0 Å². The maximum atomic E-state index is 13.2. The molecule has 1 unspecified atom stereocenters. The van der Waals surface area contributed by atoms with Gasteiger partial charge in [0.25, 0.3) is 5.69 Å². The van der Waals surface area contributed by atoms with E-state index in [1.165, 1.54) is 6.07 Å². The van der Waals surface area contributed by atoms with E-state index < -0.39 is 16.3 Å². The van der Waals surface area contributed by atoms with Crippen molar-refractivity contribution in [1.29, 1.82) is 0 Å². The molecule has 1 aromatic rings. The molecule has 0 heterocycles. The average Bonchev–Trinajstić information content (AvgIpc) is 2.30. The van der Waals surface area contributed by atoms with Crippen molar-refractivity contribution in [1.82, 2.24) is 0 Å². The number of benzene rings is 1. The van der Waals surface area contributed by atoms with Crippen LogP contribution in [0, 0.1) is 15.9 Å². The maximum Gasteiger partial charge on any atom is 0.295 e. The highest BCUT2D eigenvalue weighted by molar-refractivity contribution is 9.10. The molecule has 0 amide bonds. The Morgan fingerprint density at radius 3 is 2.72 bits per heavy atom. The van der Waals surface area contributed by atoms with Crippen LogP contribution in [0.1, 0.15) is 20.3 Å². The van der Waals surface area contributed by atoms with E-state index in [-0.39, 0.29) is 22.4 Å². The van der Waals surface area contributed by atoms with Crippen molar-refractivity contribution in [2.24, 2.45) is 0 Å².